The number of hydrogen-bond donors (Lipinski definition) is 2. The van der Waals surface area contributed by atoms with E-state index < -0.39 is 0 Å². The Morgan fingerprint density at radius 3 is 2.77 bits per heavy atom. The first-order valence-corrected chi connectivity index (χ1v) is 8.57. The van der Waals surface area contributed by atoms with E-state index in [9.17, 15) is 4.79 Å². The first-order chi connectivity index (χ1) is 10.7. The average Bonchev–Trinajstić information content (AvgIpc) is 3.06. The summed E-state index contributed by atoms with van der Waals surface area (Å²) in [5.41, 5.74) is 1.59. The van der Waals surface area contributed by atoms with Crippen molar-refractivity contribution in [2.75, 3.05) is 33.7 Å². The number of piperidine rings is 1. The van der Waals surface area contributed by atoms with Gasteiger partial charge in [0.15, 0.2) is 5.96 Å². The fourth-order valence-electron chi connectivity index (χ4n) is 3.34. The summed E-state index contributed by atoms with van der Waals surface area (Å²) < 4.78 is 0. The van der Waals surface area contributed by atoms with Crippen LogP contribution in [0.1, 0.15) is 44.9 Å². The van der Waals surface area contributed by atoms with Crippen molar-refractivity contribution >= 4 is 11.9 Å². The zero-order chi connectivity index (χ0) is 15.8. The summed E-state index contributed by atoms with van der Waals surface area (Å²) in [4.78, 5) is 18.2. The molecule has 1 amide bonds. The van der Waals surface area contributed by atoms with E-state index in [4.69, 9.17) is 0 Å². The van der Waals surface area contributed by atoms with Crippen LogP contribution in [0.2, 0.25) is 0 Å². The van der Waals surface area contributed by atoms with E-state index in [0.29, 0.717) is 12.3 Å². The van der Waals surface area contributed by atoms with Crippen molar-refractivity contribution in [2.45, 2.75) is 44.9 Å². The van der Waals surface area contributed by atoms with Gasteiger partial charge in [-0.25, -0.2) is 0 Å². The van der Waals surface area contributed by atoms with Gasteiger partial charge in [-0.1, -0.05) is 11.6 Å². The number of nitrogens with zero attached hydrogens (tertiary/aromatic N) is 2. The van der Waals surface area contributed by atoms with Crippen molar-refractivity contribution in [3.05, 3.63) is 11.6 Å². The predicted octanol–water partition coefficient (Wildman–Crippen LogP) is 1.91. The second-order valence-corrected chi connectivity index (χ2v) is 6.29. The zero-order valence-corrected chi connectivity index (χ0v) is 14.0. The molecular weight excluding hydrogens is 276 g/mol. The van der Waals surface area contributed by atoms with Crippen LogP contribution in [-0.4, -0.2) is 50.5 Å². The zero-order valence-electron chi connectivity index (χ0n) is 14.0. The summed E-state index contributed by atoms with van der Waals surface area (Å²) in [6.45, 7) is 2.95. The highest BCUT2D eigenvalue weighted by atomic mass is 16.1. The third kappa shape index (κ3) is 5.04. The molecule has 0 aromatic rings. The molecule has 0 aromatic carbocycles. The van der Waals surface area contributed by atoms with Gasteiger partial charge in [0, 0.05) is 40.2 Å². The number of allylic oxidation sites excluding steroid dienone is 1. The van der Waals surface area contributed by atoms with Gasteiger partial charge in [-0.3, -0.25) is 9.79 Å². The number of carbonyl (C=O) groups excluding carboxylic acids is 1. The topological polar surface area (TPSA) is 56.7 Å². The maximum Gasteiger partial charge on any atom is 0.220 e. The van der Waals surface area contributed by atoms with Gasteiger partial charge >= 0.3 is 0 Å². The van der Waals surface area contributed by atoms with Crippen molar-refractivity contribution in [1.82, 2.24) is 15.5 Å². The van der Waals surface area contributed by atoms with Crippen molar-refractivity contribution in [3.63, 3.8) is 0 Å². The normalized spacial score (nSPS) is 20.0. The molecule has 5 nitrogen and oxygen atoms in total. The van der Waals surface area contributed by atoms with Crippen molar-refractivity contribution in [3.8, 4) is 0 Å². The lowest BCUT2D eigenvalue weighted by Crippen LogP contribution is -2.46. The number of guanidine groups is 1. The predicted molar refractivity (Wildman–Crippen MR) is 90.9 cm³/mol. The SMILES string of the molecule is CN=C(NCCC1=CCCC1)N1CCC(CC(=O)NC)CC1. The number of likely N-dealkylation sites (tertiary alicyclic amines) is 1. The summed E-state index contributed by atoms with van der Waals surface area (Å²) in [6, 6.07) is 0. The quantitative estimate of drug-likeness (QED) is 0.463. The van der Waals surface area contributed by atoms with Crippen LogP contribution in [0.15, 0.2) is 16.6 Å². The molecule has 0 unspecified atom stereocenters. The molecule has 0 atom stereocenters. The second kappa shape index (κ2) is 8.81. The molecule has 0 spiro atoms. The maximum atomic E-state index is 11.5. The maximum absolute atomic E-state index is 11.5. The molecule has 0 saturated carbocycles. The van der Waals surface area contributed by atoms with Crippen LogP contribution >= 0.6 is 0 Å². The summed E-state index contributed by atoms with van der Waals surface area (Å²) in [6.07, 6.45) is 10.2. The molecule has 0 aromatic heterocycles. The molecule has 2 aliphatic rings. The molecule has 0 bridgehead atoms. The highest BCUT2D eigenvalue weighted by molar-refractivity contribution is 5.80. The van der Waals surface area contributed by atoms with Crippen molar-refractivity contribution < 1.29 is 4.79 Å². The Morgan fingerprint density at radius 2 is 2.18 bits per heavy atom. The van der Waals surface area contributed by atoms with E-state index in [0.717, 1.165) is 44.9 Å². The lowest BCUT2D eigenvalue weighted by Gasteiger charge is -2.34. The van der Waals surface area contributed by atoms with Crippen LogP contribution in [0.5, 0.6) is 0 Å². The Morgan fingerprint density at radius 1 is 1.41 bits per heavy atom. The molecule has 2 N–H and O–H groups in total. The average molecular weight is 306 g/mol. The Kier molecular flexibility index (Phi) is 6.74. The first-order valence-electron chi connectivity index (χ1n) is 8.57. The smallest absolute Gasteiger partial charge is 0.220 e. The minimum Gasteiger partial charge on any atom is -0.359 e. The van der Waals surface area contributed by atoms with E-state index in [2.05, 4.69) is 26.6 Å². The largest absolute Gasteiger partial charge is 0.359 e. The summed E-state index contributed by atoms with van der Waals surface area (Å²) >= 11 is 0. The minimum absolute atomic E-state index is 0.158. The van der Waals surface area contributed by atoms with Crippen LogP contribution in [0.4, 0.5) is 0 Å². The number of carbonyl (C=O) groups is 1. The number of aliphatic imine (C=N–C) groups is 1. The Labute approximate surface area is 134 Å². The lowest BCUT2D eigenvalue weighted by molar-refractivity contribution is -0.121. The fourth-order valence-corrected chi connectivity index (χ4v) is 3.34. The van der Waals surface area contributed by atoms with Crippen LogP contribution in [0.25, 0.3) is 0 Å². The highest BCUT2D eigenvalue weighted by Gasteiger charge is 2.22. The minimum atomic E-state index is 0.158. The molecular formula is C17H30N4O. The molecule has 1 heterocycles. The molecule has 0 radical (unpaired) electrons. The fraction of sp³-hybridized carbons (Fsp3) is 0.765. The van der Waals surface area contributed by atoms with Gasteiger partial charge < -0.3 is 15.5 Å². The number of hydrogen-bond acceptors (Lipinski definition) is 2. The lowest BCUT2D eigenvalue weighted by atomic mass is 9.93. The number of amides is 1. The third-order valence-corrected chi connectivity index (χ3v) is 4.74. The first kappa shape index (κ1) is 16.8. The molecule has 1 aliphatic heterocycles. The Balaban J connectivity index is 1.70. The molecule has 22 heavy (non-hydrogen) atoms. The van der Waals surface area contributed by atoms with E-state index >= 15 is 0 Å². The van der Waals surface area contributed by atoms with E-state index in [1.54, 1.807) is 12.6 Å². The number of nitrogens with one attached hydrogen (secondary N) is 2. The molecule has 1 aliphatic carbocycles. The van der Waals surface area contributed by atoms with Crippen LogP contribution in [-0.2, 0) is 4.79 Å². The monoisotopic (exact) mass is 306 g/mol. The Hall–Kier alpha value is -1.52. The van der Waals surface area contributed by atoms with Crippen LogP contribution in [0.3, 0.4) is 0 Å². The summed E-state index contributed by atoms with van der Waals surface area (Å²) in [5.74, 6) is 1.68. The molecule has 5 heteroatoms. The summed E-state index contributed by atoms with van der Waals surface area (Å²) in [7, 11) is 3.57. The third-order valence-electron chi connectivity index (χ3n) is 4.74. The standard InChI is InChI=1S/C17H30N4O/c1-18-16(22)13-15-8-11-21(12-9-15)17(19-2)20-10-7-14-5-3-4-6-14/h5,15H,3-4,6-13H2,1-2H3,(H,18,22)(H,19,20). The van der Waals surface area contributed by atoms with E-state index in [1.165, 1.54) is 19.3 Å². The van der Waals surface area contributed by atoms with Gasteiger partial charge in [-0.05, 0) is 44.4 Å². The molecule has 1 fully saturated rings. The van der Waals surface area contributed by atoms with Crippen LogP contribution < -0.4 is 10.6 Å². The van der Waals surface area contributed by atoms with Crippen LogP contribution in [0, 0.1) is 5.92 Å². The van der Waals surface area contributed by atoms with Gasteiger partial charge in [0.05, 0.1) is 0 Å². The van der Waals surface area contributed by atoms with Gasteiger partial charge in [0.2, 0.25) is 5.91 Å². The molecule has 2 rings (SSSR count). The van der Waals surface area contributed by atoms with Gasteiger partial charge in [-0.15, -0.1) is 0 Å². The molecule has 1 saturated heterocycles. The highest BCUT2D eigenvalue weighted by Crippen LogP contribution is 2.21. The van der Waals surface area contributed by atoms with E-state index in [1.807, 2.05) is 7.05 Å². The molecule has 124 valence electrons. The number of rotatable bonds is 5. The van der Waals surface area contributed by atoms with Crippen molar-refractivity contribution in [2.24, 2.45) is 10.9 Å². The van der Waals surface area contributed by atoms with Crippen molar-refractivity contribution in [1.29, 1.82) is 0 Å². The van der Waals surface area contributed by atoms with Gasteiger partial charge in [0.1, 0.15) is 0 Å². The van der Waals surface area contributed by atoms with E-state index in [-0.39, 0.29) is 5.91 Å². The van der Waals surface area contributed by atoms with Gasteiger partial charge in [0.25, 0.3) is 0 Å². The summed E-state index contributed by atoms with van der Waals surface area (Å²) in [5, 5.41) is 6.21. The second-order valence-electron chi connectivity index (χ2n) is 6.29. The Bertz CT molecular complexity index is 422. The van der Waals surface area contributed by atoms with Gasteiger partial charge in [-0.2, -0.15) is 0 Å².